The number of aromatic nitrogens is 1. The zero-order valence-electron chi connectivity index (χ0n) is 12.2. The third-order valence-corrected chi connectivity index (χ3v) is 4.95. The van der Waals surface area contributed by atoms with Gasteiger partial charge in [0, 0.05) is 18.3 Å². The molecule has 0 spiro atoms. The van der Waals surface area contributed by atoms with E-state index in [1.165, 1.54) is 19.3 Å². The Balaban J connectivity index is 2.03. The summed E-state index contributed by atoms with van der Waals surface area (Å²) in [5, 5.41) is 3.08. The molecule has 0 radical (unpaired) electrons. The van der Waals surface area contributed by atoms with Crippen molar-refractivity contribution >= 4 is 21.8 Å². The number of halogens is 1. The standard InChI is InChI=1S/C15H22BrN3O/c1-19(2)15(8-4-3-5-9-15)11-18-14(20)12-7-6-10-17-13(12)16/h6-7,10H,3-5,8-9,11H2,1-2H3,(H,18,20). The molecule has 1 aromatic rings. The van der Waals surface area contributed by atoms with Crippen molar-refractivity contribution in [1.29, 1.82) is 0 Å². The zero-order chi connectivity index (χ0) is 14.6. The highest BCUT2D eigenvalue weighted by atomic mass is 79.9. The Morgan fingerprint density at radius 1 is 1.40 bits per heavy atom. The average Bonchev–Trinajstić information content (AvgIpc) is 2.46. The van der Waals surface area contributed by atoms with Crippen molar-refractivity contribution in [3.8, 4) is 0 Å². The molecule has 0 aromatic carbocycles. The van der Waals surface area contributed by atoms with Gasteiger partial charge < -0.3 is 10.2 Å². The molecular formula is C15H22BrN3O. The Labute approximate surface area is 129 Å². The molecule has 0 unspecified atom stereocenters. The van der Waals surface area contributed by atoms with Crippen LogP contribution in [0.25, 0.3) is 0 Å². The Morgan fingerprint density at radius 2 is 2.10 bits per heavy atom. The fourth-order valence-corrected chi connectivity index (χ4v) is 3.32. The summed E-state index contributed by atoms with van der Waals surface area (Å²) >= 11 is 3.32. The van der Waals surface area contributed by atoms with Gasteiger partial charge in [0.25, 0.3) is 5.91 Å². The first-order chi connectivity index (χ1) is 9.55. The topological polar surface area (TPSA) is 45.2 Å². The van der Waals surface area contributed by atoms with Crippen LogP contribution in [0.1, 0.15) is 42.5 Å². The molecule has 1 fully saturated rings. The number of hydrogen-bond donors (Lipinski definition) is 1. The molecular weight excluding hydrogens is 318 g/mol. The van der Waals surface area contributed by atoms with E-state index in [9.17, 15) is 4.79 Å². The van der Waals surface area contributed by atoms with E-state index in [-0.39, 0.29) is 11.4 Å². The van der Waals surface area contributed by atoms with Gasteiger partial charge in [0.15, 0.2) is 0 Å². The van der Waals surface area contributed by atoms with Crippen LogP contribution in [0.3, 0.4) is 0 Å². The van der Waals surface area contributed by atoms with Gasteiger partial charge in [-0.1, -0.05) is 19.3 Å². The number of nitrogens with zero attached hydrogens (tertiary/aromatic N) is 2. The normalized spacial score (nSPS) is 18.0. The van der Waals surface area contributed by atoms with Gasteiger partial charge in [-0.3, -0.25) is 4.79 Å². The second kappa shape index (κ2) is 6.68. The summed E-state index contributed by atoms with van der Waals surface area (Å²) in [6, 6.07) is 3.57. The zero-order valence-corrected chi connectivity index (χ0v) is 13.7. The Hall–Kier alpha value is -0.940. The van der Waals surface area contributed by atoms with E-state index in [0.717, 1.165) is 12.8 Å². The van der Waals surface area contributed by atoms with E-state index in [1.54, 1.807) is 18.3 Å². The number of nitrogens with one attached hydrogen (secondary N) is 1. The van der Waals surface area contributed by atoms with Gasteiger partial charge in [-0.05, 0) is 55.0 Å². The lowest BCUT2D eigenvalue weighted by Crippen LogP contribution is -2.53. The molecule has 1 aromatic heterocycles. The fraction of sp³-hybridized carbons (Fsp3) is 0.600. The smallest absolute Gasteiger partial charge is 0.254 e. The Kier molecular flexibility index (Phi) is 5.16. The van der Waals surface area contributed by atoms with Gasteiger partial charge in [0.1, 0.15) is 4.60 Å². The Morgan fingerprint density at radius 3 is 2.70 bits per heavy atom. The third-order valence-electron chi connectivity index (χ3n) is 4.31. The van der Waals surface area contributed by atoms with Crippen LogP contribution in [0.4, 0.5) is 0 Å². The van der Waals surface area contributed by atoms with Crippen molar-refractivity contribution in [1.82, 2.24) is 15.2 Å². The van der Waals surface area contributed by atoms with Crippen LogP contribution < -0.4 is 5.32 Å². The number of likely N-dealkylation sites (N-methyl/N-ethyl adjacent to an activating group) is 1. The number of hydrogen-bond acceptors (Lipinski definition) is 3. The average molecular weight is 340 g/mol. The van der Waals surface area contributed by atoms with E-state index < -0.39 is 0 Å². The first kappa shape index (κ1) is 15.4. The van der Waals surface area contributed by atoms with Crippen LogP contribution in [0.15, 0.2) is 22.9 Å². The monoisotopic (exact) mass is 339 g/mol. The largest absolute Gasteiger partial charge is 0.350 e. The Bertz CT molecular complexity index is 470. The highest BCUT2D eigenvalue weighted by Gasteiger charge is 2.34. The van der Waals surface area contributed by atoms with E-state index in [2.05, 4.69) is 45.2 Å². The van der Waals surface area contributed by atoms with Gasteiger partial charge in [-0.15, -0.1) is 0 Å². The molecule has 0 atom stereocenters. The SMILES string of the molecule is CN(C)C1(CNC(=O)c2cccnc2Br)CCCCC1. The molecule has 2 rings (SSSR count). The van der Waals surface area contributed by atoms with Gasteiger partial charge in [0.05, 0.1) is 5.56 Å². The summed E-state index contributed by atoms with van der Waals surface area (Å²) in [6.45, 7) is 0.695. The lowest BCUT2D eigenvalue weighted by atomic mass is 9.80. The molecule has 1 aliphatic carbocycles. The lowest BCUT2D eigenvalue weighted by Gasteiger charge is -2.43. The van der Waals surface area contributed by atoms with Crippen molar-refractivity contribution in [2.45, 2.75) is 37.6 Å². The van der Waals surface area contributed by atoms with E-state index in [0.29, 0.717) is 16.7 Å². The molecule has 4 nitrogen and oxygen atoms in total. The molecule has 1 aliphatic rings. The maximum atomic E-state index is 12.3. The molecule has 5 heteroatoms. The van der Waals surface area contributed by atoms with E-state index in [1.807, 2.05) is 0 Å². The molecule has 20 heavy (non-hydrogen) atoms. The number of carbonyl (C=O) groups is 1. The van der Waals surface area contributed by atoms with Crippen LogP contribution in [-0.4, -0.2) is 42.0 Å². The summed E-state index contributed by atoms with van der Waals surface area (Å²) in [7, 11) is 4.22. The quantitative estimate of drug-likeness (QED) is 0.858. The highest BCUT2D eigenvalue weighted by Crippen LogP contribution is 2.31. The number of pyridine rings is 1. The molecule has 1 amide bonds. The van der Waals surface area contributed by atoms with Gasteiger partial charge >= 0.3 is 0 Å². The molecule has 0 aliphatic heterocycles. The summed E-state index contributed by atoms with van der Waals surface area (Å²) in [4.78, 5) is 18.6. The van der Waals surface area contributed by atoms with Crippen molar-refractivity contribution in [3.63, 3.8) is 0 Å². The maximum absolute atomic E-state index is 12.3. The van der Waals surface area contributed by atoms with Crippen LogP contribution in [0.2, 0.25) is 0 Å². The lowest BCUT2D eigenvalue weighted by molar-refractivity contribution is 0.0799. The van der Waals surface area contributed by atoms with Crippen LogP contribution in [-0.2, 0) is 0 Å². The van der Waals surface area contributed by atoms with E-state index in [4.69, 9.17) is 0 Å². The second-order valence-corrected chi connectivity index (χ2v) is 6.46. The van der Waals surface area contributed by atoms with Gasteiger partial charge in [-0.25, -0.2) is 4.98 Å². The van der Waals surface area contributed by atoms with Crippen LogP contribution in [0, 0.1) is 0 Å². The molecule has 1 N–H and O–H groups in total. The van der Waals surface area contributed by atoms with Crippen LogP contribution in [0.5, 0.6) is 0 Å². The second-order valence-electron chi connectivity index (χ2n) is 5.70. The van der Waals surface area contributed by atoms with Crippen LogP contribution >= 0.6 is 15.9 Å². The molecule has 1 saturated carbocycles. The predicted octanol–water partition coefficient (Wildman–Crippen LogP) is 2.84. The minimum atomic E-state index is -0.0585. The highest BCUT2D eigenvalue weighted by molar-refractivity contribution is 9.10. The number of rotatable bonds is 4. The summed E-state index contributed by atoms with van der Waals surface area (Å²) in [5.74, 6) is -0.0585. The van der Waals surface area contributed by atoms with Crippen molar-refractivity contribution in [2.75, 3.05) is 20.6 Å². The third kappa shape index (κ3) is 3.38. The molecule has 0 bridgehead atoms. The van der Waals surface area contributed by atoms with Gasteiger partial charge in [-0.2, -0.15) is 0 Å². The molecule has 1 heterocycles. The predicted molar refractivity (Wildman–Crippen MR) is 83.8 cm³/mol. The van der Waals surface area contributed by atoms with Gasteiger partial charge in [0.2, 0.25) is 0 Å². The summed E-state index contributed by atoms with van der Waals surface area (Å²) in [5.41, 5.74) is 0.694. The minimum Gasteiger partial charge on any atom is -0.350 e. The first-order valence-electron chi connectivity index (χ1n) is 7.11. The molecule has 0 saturated heterocycles. The van der Waals surface area contributed by atoms with Crippen molar-refractivity contribution < 1.29 is 4.79 Å². The fourth-order valence-electron chi connectivity index (χ4n) is 2.89. The first-order valence-corrected chi connectivity index (χ1v) is 7.91. The van der Waals surface area contributed by atoms with E-state index >= 15 is 0 Å². The molecule has 110 valence electrons. The van der Waals surface area contributed by atoms with Crippen molar-refractivity contribution in [2.24, 2.45) is 0 Å². The number of carbonyl (C=O) groups excluding carboxylic acids is 1. The summed E-state index contributed by atoms with van der Waals surface area (Å²) in [6.07, 6.45) is 7.75. The van der Waals surface area contributed by atoms with Crippen molar-refractivity contribution in [3.05, 3.63) is 28.5 Å². The maximum Gasteiger partial charge on any atom is 0.254 e. The number of amides is 1. The summed E-state index contributed by atoms with van der Waals surface area (Å²) < 4.78 is 0.597. The minimum absolute atomic E-state index is 0.0585.